The molecule has 1 N–H and O–H groups in total. The maximum absolute atomic E-state index is 12.5. The van der Waals surface area contributed by atoms with Crippen molar-refractivity contribution in [1.82, 2.24) is 9.88 Å². The minimum atomic E-state index is -0.136. The molecule has 6 nitrogen and oxygen atoms in total. The number of ether oxygens (including phenoxy) is 2. The van der Waals surface area contributed by atoms with E-state index in [0.717, 1.165) is 55.7 Å². The lowest BCUT2D eigenvalue weighted by molar-refractivity contribution is 0.0384. The molecule has 0 saturated carbocycles. The van der Waals surface area contributed by atoms with Crippen molar-refractivity contribution in [2.24, 2.45) is 0 Å². The van der Waals surface area contributed by atoms with Crippen molar-refractivity contribution in [3.63, 3.8) is 0 Å². The number of carbonyl (C=O) groups is 1. The summed E-state index contributed by atoms with van der Waals surface area (Å²) in [4.78, 5) is 19.3. The number of hydrogen-bond donors (Lipinski definition) is 1. The van der Waals surface area contributed by atoms with Crippen molar-refractivity contribution in [2.45, 2.75) is 20.0 Å². The SMILES string of the molecule is Cc1nc(COc2ccc(C(=O)Nc3ccc(CCN4CCOCC4)cc3)cc2)cs1. The van der Waals surface area contributed by atoms with Crippen LogP contribution in [0, 0.1) is 6.92 Å². The molecule has 7 heteroatoms. The van der Waals surface area contributed by atoms with Gasteiger partial charge in [0.25, 0.3) is 5.91 Å². The molecule has 0 bridgehead atoms. The van der Waals surface area contributed by atoms with Gasteiger partial charge in [0.1, 0.15) is 12.4 Å². The van der Waals surface area contributed by atoms with E-state index in [1.807, 2.05) is 36.6 Å². The average molecular weight is 438 g/mol. The van der Waals surface area contributed by atoms with Crippen LogP contribution in [0.4, 0.5) is 5.69 Å². The van der Waals surface area contributed by atoms with Gasteiger partial charge in [0.15, 0.2) is 0 Å². The third-order valence-corrected chi connectivity index (χ3v) is 6.02. The Morgan fingerprint density at radius 1 is 1.13 bits per heavy atom. The van der Waals surface area contributed by atoms with Gasteiger partial charge in [0.2, 0.25) is 0 Å². The first-order chi connectivity index (χ1) is 15.2. The second kappa shape index (κ2) is 10.5. The normalized spacial score (nSPS) is 14.4. The van der Waals surface area contributed by atoms with Gasteiger partial charge in [-0.3, -0.25) is 9.69 Å². The predicted molar refractivity (Wildman–Crippen MR) is 123 cm³/mol. The summed E-state index contributed by atoms with van der Waals surface area (Å²) in [5.41, 5.74) is 3.56. The smallest absolute Gasteiger partial charge is 0.255 e. The van der Waals surface area contributed by atoms with E-state index >= 15 is 0 Å². The number of carbonyl (C=O) groups excluding carboxylic acids is 1. The van der Waals surface area contributed by atoms with Crippen molar-refractivity contribution >= 4 is 22.9 Å². The summed E-state index contributed by atoms with van der Waals surface area (Å²) in [6.07, 6.45) is 0.996. The summed E-state index contributed by atoms with van der Waals surface area (Å²) >= 11 is 1.61. The second-order valence-electron chi connectivity index (χ2n) is 7.53. The number of anilines is 1. The van der Waals surface area contributed by atoms with Crippen LogP contribution in [-0.2, 0) is 17.8 Å². The summed E-state index contributed by atoms with van der Waals surface area (Å²) in [6, 6.07) is 15.2. The topological polar surface area (TPSA) is 63.7 Å². The fraction of sp³-hybridized carbons (Fsp3) is 0.333. The van der Waals surface area contributed by atoms with E-state index in [1.54, 1.807) is 23.5 Å². The third-order valence-electron chi connectivity index (χ3n) is 5.20. The first-order valence-electron chi connectivity index (χ1n) is 10.5. The number of amides is 1. The van der Waals surface area contributed by atoms with Crippen molar-refractivity contribution in [1.29, 1.82) is 0 Å². The quantitative estimate of drug-likeness (QED) is 0.573. The van der Waals surface area contributed by atoms with Gasteiger partial charge in [-0.1, -0.05) is 12.1 Å². The molecule has 1 aliphatic rings. The van der Waals surface area contributed by atoms with Gasteiger partial charge in [0, 0.05) is 36.3 Å². The number of aryl methyl sites for hydroxylation is 1. The van der Waals surface area contributed by atoms with Gasteiger partial charge in [-0.25, -0.2) is 4.98 Å². The molecule has 3 aromatic rings. The largest absolute Gasteiger partial charge is 0.487 e. The van der Waals surface area contributed by atoms with Crippen molar-refractivity contribution in [3.05, 3.63) is 75.7 Å². The zero-order chi connectivity index (χ0) is 21.5. The molecule has 1 fully saturated rings. The number of nitrogens with zero attached hydrogens (tertiary/aromatic N) is 2. The number of hydrogen-bond acceptors (Lipinski definition) is 6. The number of aromatic nitrogens is 1. The molecule has 0 unspecified atom stereocenters. The molecule has 0 spiro atoms. The van der Waals surface area contributed by atoms with Gasteiger partial charge < -0.3 is 14.8 Å². The Kier molecular flexibility index (Phi) is 7.30. The van der Waals surface area contributed by atoms with E-state index in [1.165, 1.54) is 5.56 Å². The van der Waals surface area contributed by atoms with E-state index in [2.05, 4.69) is 27.3 Å². The highest BCUT2D eigenvalue weighted by atomic mass is 32.1. The van der Waals surface area contributed by atoms with Crippen LogP contribution >= 0.6 is 11.3 Å². The van der Waals surface area contributed by atoms with Gasteiger partial charge in [-0.15, -0.1) is 11.3 Å². The number of thiazole rings is 1. The van der Waals surface area contributed by atoms with Crippen molar-refractivity contribution < 1.29 is 14.3 Å². The zero-order valence-electron chi connectivity index (χ0n) is 17.7. The van der Waals surface area contributed by atoms with Gasteiger partial charge in [-0.05, 0) is 55.3 Å². The highest BCUT2D eigenvalue weighted by molar-refractivity contribution is 7.09. The molecular formula is C24H27N3O3S. The number of morpholine rings is 1. The minimum Gasteiger partial charge on any atom is -0.487 e. The van der Waals surface area contributed by atoms with Crippen molar-refractivity contribution in [3.8, 4) is 5.75 Å². The Labute approximate surface area is 186 Å². The van der Waals surface area contributed by atoms with Crippen LogP contribution in [0.2, 0.25) is 0 Å². The predicted octanol–water partition coefficient (Wildman–Crippen LogP) is 4.16. The molecular weight excluding hydrogens is 410 g/mol. The lowest BCUT2D eigenvalue weighted by atomic mass is 10.1. The first-order valence-corrected chi connectivity index (χ1v) is 11.4. The van der Waals surface area contributed by atoms with E-state index in [4.69, 9.17) is 9.47 Å². The Morgan fingerprint density at radius 2 is 1.87 bits per heavy atom. The lowest BCUT2D eigenvalue weighted by Gasteiger charge is -2.26. The molecule has 31 heavy (non-hydrogen) atoms. The van der Waals surface area contributed by atoms with Gasteiger partial charge >= 0.3 is 0 Å². The van der Waals surface area contributed by atoms with Crippen LogP contribution < -0.4 is 10.1 Å². The van der Waals surface area contributed by atoms with Crippen LogP contribution in [0.3, 0.4) is 0 Å². The summed E-state index contributed by atoms with van der Waals surface area (Å²) in [7, 11) is 0. The fourth-order valence-corrected chi connectivity index (χ4v) is 4.00. The maximum atomic E-state index is 12.5. The molecule has 4 rings (SSSR count). The second-order valence-corrected chi connectivity index (χ2v) is 8.59. The van der Waals surface area contributed by atoms with Crippen LogP contribution in [0.25, 0.3) is 0 Å². The lowest BCUT2D eigenvalue weighted by Crippen LogP contribution is -2.37. The molecule has 2 aromatic carbocycles. The van der Waals surface area contributed by atoms with Crippen LogP contribution in [-0.4, -0.2) is 48.6 Å². The molecule has 1 aromatic heterocycles. The number of nitrogens with one attached hydrogen (secondary N) is 1. The number of rotatable bonds is 8. The molecule has 0 atom stereocenters. The molecule has 1 amide bonds. The molecule has 1 aliphatic heterocycles. The van der Waals surface area contributed by atoms with Crippen LogP contribution in [0.15, 0.2) is 53.9 Å². The fourth-order valence-electron chi connectivity index (χ4n) is 3.40. The number of benzene rings is 2. The maximum Gasteiger partial charge on any atom is 0.255 e. The summed E-state index contributed by atoms with van der Waals surface area (Å²) in [6.45, 7) is 7.08. The van der Waals surface area contributed by atoms with Gasteiger partial charge in [-0.2, -0.15) is 0 Å². The average Bonchev–Trinajstić information content (AvgIpc) is 3.23. The Hall–Kier alpha value is -2.74. The van der Waals surface area contributed by atoms with E-state index in [9.17, 15) is 4.79 Å². The summed E-state index contributed by atoms with van der Waals surface area (Å²) < 4.78 is 11.1. The monoisotopic (exact) mass is 437 g/mol. The Balaban J connectivity index is 1.25. The molecule has 1 saturated heterocycles. The summed E-state index contributed by atoms with van der Waals surface area (Å²) in [5.74, 6) is 0.578. The van der Waals surface area contributed by atoms with E-state index in [0.29, 0.717) is 17.9 Å². The highest BCUT2D eigenvalue weighted by Gasteiger charge is 2.10. The summed E-state index contributed by atoms with van der Waals surface area (Å²) in [5, 5.41) is 5.97. The van der Waals surface area contributed by atoms with E-state index in [-0.39, 0.29) is 5.91 Å². The molecule has 162 valence electrons. The molecule has 2 heterocycles. The standard InChI is InChI=1S/C24H27N3O3S/c1-18-25-22(17-31-18)16-30-23-8-4-20(5-9-23)24(28)26-21-6-2-19(3-7-21)10-11-27-12-14-29-15-13-27/h2-9,17H,10-16H2,1H3,(H,26,28). The van der Waals surface area contributed by atoms with E-state index < -0.39 is 0 Å². The third kappa shape index (κ3) is 6.37. The minimum absolute atomic E-state index is 0.136. The molecule has 0 radical (unpaired) electrons. The Morgan fingerprint density at radius 3 is 2.55 bits per heavy atom. The van der Waals surface area contributed by atoms with Crippen LogP contribution in [0.1, 0.15) is 26.6 Å². The Bertz CT molecular complexity index is 980. The zero-order valence-corrected chi connectivity index (χ0v) is 18.5. The van der Waals surface area contributed by atoms with Crippen LogP contribution in [0.5, 0.6) is 5.75 Å². The van der Waals surface area contributed by atoms with Crippen molar-refractivity contribution in [2.75, 3.05) is 38.2 Å². The first kappa shape index (κ1) is 21.5. The molecule has 0 aliphatic carbocycles. The highest BCUT2D eigenvalue weighted by Crippen LogP contribution is 2.17. The van der Waals surface area contributed by atoms with Gasteiger partial charge in [0.05, 0.1) is 23.9 Å².